The van der Waals surface area contributed by atoms with Crippen molar-refractivity contribution in [2.75, 3.05) is 13.2 Å². The first-order chi connectivity index (χ1) is 6.33. The SMILES string of the molecule is NC(=NCCOC1CCCC1)NO. The van der Waals surface area contributed by atoms with E-state index in [1.807, 2.05) is 0 Å². The first kappa shape index (κ1) is 10.3. The number of rotatable bonds is 4. The summed E-state index contributed by atoms with van der Waals surface area (Å²) in [7, 11) is 0. The number of guanidine groups is 1. The molecular weight excluding hydrogens is 170 g/mol. The van der Waals surface area contributed by atoms with Crippen molar-refractivity contribution in [3.8, 4) is 0 Å². The summed E-state index contributed by atoms with van der Waals surface area (Å²) in [6.45, 7) is 1.07. The lowest BCUT2D eigenvalue weighted by atomic mass is 10.3. The van der Waals surface area contributed by atoms with Crippen molar-refractivity contribution in [3.63, 3.8) is 0 Å². The number of hydrogen-bond donors (Lipinski definition) is 3. The van der Waals surface area contributed by atoms with Gasteiger partial charge in [0.1, 0.15) is 0 Å². The maximum atomic E-state index is 8.30. The molecule has 13 heavy (non-hydrogen) atoms. The highest BCUT2D eigenvalue weighted by Gasteiger charge is 2.14. The monoisotopic (exact) mass is 187 g/mol. The van der Waals surface area contributed by atoms with Crippen molar-refractivity contribution in [2.24, 2.45) is 10.7 Å². The molecule has 5 heteroatoms. The third-order valence-electron chi connectivity index (χ3n) is 2.14. The molecule has 0 aromatic rings. The van der Waals surface area contributed by atoms with Crippen LogP contribution in [0.2, 0.25) is 0 Å². The molecule has 1 saturated carbocycles. The van der Waals surface area contributed by atoms with Crippen LogP contribution in [0.15, 0.2) is 4.99 Å². The Morgan fingerprint density at radius 2 is 2.23 bits per heavy atom. The number of nitrogens with two attached hydrogens (primary N) is 1. The molecule has 0 bridgehead atoms. The lowest BCUT2D eigenvalue weighted by Crippen LogP contribution is -2.29. The molecule has 1 aliphatic carbocycles. The van der Waals surface area contributed by atoms with Gasteiger partial charge in [-0.05, 0) is 12.8 Å². The fourth-order valence-electron chi connectivity index (χ4n) is 1.48. The molecule has 4 N–H and O–H groups in total. The molecule has 0 atom stereocenters. The molecule has 1 fully saturated rings. The summed E-state index contributed by atoms with van der Waals surface area (Å²) in [5.74, 6) is 0.0371. The lowest BCUT2D eigenvalue weighted by molar-refractivity contribution is 0.0642. The number of aliphatic imine (C=N–C) groups is 1. The second kappa shape index (κ2) is 5.77. The van der Waals surface area contributed by atoms with Gasteiger partial charge in [0.05, 0.1) is 19.3 Å². The molecule has 76 valence electrons. The number of hydroxylamine groups is 1. The van der Waals surface area contributed by atoms with Crippen LogP contribution in [0.3, 0.4) is 0 Å². The molecule has 5 nitrogen and oxygen atoms in total. The van der Waals surface area contributed by atoms with Gasteiger partial charge in [-0.3, -0.25) is 5.21 Å². The second-order valence-electron chi connectivity index (χ2n) is 3.16. The lowest BCUT2D eigenvalue weighted by Gasteiger charge is -2.09. The molecule has 0 amide bonds. The number of nitrogens with one attached hydrogen (secondary N) is 1. The van der Waals surface area contributed by atoms with Gasteiger partial charge < -0.3 is 10.5 Å². The molecule has 0 spiro atoms. The summed E-state index contributed by atoms with van der Waals surface area (Å²) in [5.41, 5.74) is 6.97. The van der Waals surface area contributed by atoms with Gasteiger partial charge in [-0.25, -0.2) is 10.5 Å². The fourth-order valence-corrected chi connectivity index (χ4v) is 1.48. The van der Waals surface area contributed by atoms with Crippen molar-refractivity contribution in [3.05, 3.63) is 0 Å². The van der Waals surface area contributed by atoms with E-state index in [0.717, 1.165) is 12.8 Å². The number of nitrogens with zero attached hydrogens (tertiary/aromatic N) is 1. The van der Waals surface area contributed by atoms with E-state index in [-0.39, 0.29) is 5.96 Å². The first-order valence-electron chi connectivity index (χ1n) is 4.64. The zero-order chi connectivity index (χ0) is 9.52. The third-order valence-corrected chi connectivity index (χ3v) is 2.14. The maximum Gasteiger partial charge on any atom is 0.212 e. The summed E-state index contributed by atoms with van der Waals surface area (Å²) in [6.07, 6.45) is 5.29. The zero-order valence-electron chi connectivity index (χ0n) is 7.70. The molecular formula is C8H17N3O2. The topological polar surface area (TPSA) is 79.9 Å². The summed E-state index contributed by atoms with van der Waals surface area (Å²) in [5, 5.41) is 8.30. The van der Waals surface area contributed by atoms with Crippen LogP contribution >= 0.6 is 0 Å². The Balaban J connectivity index is 2.00. The molecule has 0 aliphatic heterocycles. The average molecular weight is 187 g/mol. The quantitative estimate of drug-likeness (QED) is 0.255. The van der Waals surface area contributed by atoms with Crippen LogP contribution in [-0.4, -0.2) is 30.4 Å². The third kappa shape index (κ3) is 4.10. The van der Waals surface area contributed by atoms with E-state index >= 15 is 0 Å². The zero-order valence-corrected chi connectivity index (χ0v) is 7.70. The summed E-state index contributed by atoms with van der Waals surface area (Å²) in [4.78, 5) is 3.81. The standard InChI is InChI=1S/C8H17N3O2/c9-8(11-12)10-5-6-13-7-3-1-2-4-7/h7,12H,1-6H2,(H3,9,10,11). The Hall–Kier alpha value is -0.810. The smallest absolute Gasteiger partial charge is 0.212 e. The largest absolute Gasteiger partial charge is 0.376 e. The summed E-state index contributed by atoms with van der Waals surface area (Å²) >= 11 is 0. The van der Waals surface area contributed by atoms with Gasteiger partial charge in [-0.1, -0.05) is 12.8 Å². The average Bonchev–Trinajstić information content (AvgIpc) is 2.64. The van der Waals surface area contributed by atoms with E-state index < -0.39 is 0 Å². The van der Waals surface area contributed by atoms with Crippen LogP contribution in [0.5, 0.6) is 0 Å². The first-order valence-corrected chi connectivity index (χ1v) is 4.64. The maximum absolute atomic E-state index is 8.30. The Morgan fingerprint density at radius 1 is 1.54 bits per heavy atom. The minimum atomic E-state index is 0.0371. The molecule has 0 unspecified atom stereocenters. The minimum absolute atomic E-state index is 0.0371. The Morgan fingerprint density at radius 3 is 2.85 bits per heavy atom. The van der Waals surface area contributed by atoms with Gasteiger partial charge >= 0.3 is 0 Å². The van der Waals surface area contributed by atoms with Crippen molar-refractivity contribution in [2.45, 2.75) is 31.8 Å². The van der Waals surface area contributed by atoms with Crippen LogP contribution < -0.4 is 11.2 Å². The number of ether oxygens (including phenoxy) is 1. The highest BCUT2D eigenvalue weighted by atomic mass is 16.5. The van der Waals surface area contributed by atoms with Crippen LogP contribution in [0, 0.1) is 0 Å². The van der Waals surface area contributed by atoms with E-state index in [4.69, 9.17) is 15.7 Å². The Bertz CT molecular complexity index is 167. The second-order valence-corrected chi connectivity index (χ2v) is 3.16. The molecule has 0 aromatic heterocycles. The minimum Gasteiger partial charge on any atom is -0.376 e. The van der Waals surface area contributed by atoms with E-state index in [1.165, 1.54) is 12.8 Å². The molecule has 0 heterocycles. The summed E-state index contributed by atoms with van der Waals surface area (Å²) < 4.78 is 5.53. The molecule has 1 rings (SSSR count). The van der Waals surface area contributed by atoms with Gasteiger partial charge in [-0.2, -0.15) is 0 Å². The van der Waals surface area contributed by atoms with Gasteiger partial charge in [0.15, 0.2) is 0 Å². The van der Waals surface area contributed by atoms with Crippen molar-refractivity contribution in [1.29, 1.82) is 0 Å². The van der Waals surface area contributed by atoms with Crippen molar-refractivity contribution >= 4 is 5.96 Å². The van der Waals surface area contributed by atoms with E-state index in [1.54, 1.807) is 5.48 Å². The molecule has 0 aromatic carbocycles. The number of hydrogen-bond acceptors (Lipinski definition) is 3. The van der Waals surface area contributed by atoms with E-state index in [0.29, 0.717) is 19.3 Å². The molecule has 0 saturated heterocycles. The van der Waals surface area contributed by atoms with Crippen LogP contribution in [0.25, 0.3) is 0 Å². The normalized spacial score (nSPS) is 19.3. The fraction of sp³-hybridized carbons (Fsp3) is 0.875. The Labute approximate surface area is 77.9 Å². The van der Waals surface area contributed by atoms with Crippen molar-refractivity contribution < 1.29 is 9.94 Å². The van der Waals surface area contributed by atoms with Crippen LogP contribution in [-0.2, 0) is 4.74 Å². The Kier molecular flexibility index (Phi) is 4.56. The summed E-state index contributed by atoms with van der Waals surface area (Å²) in [6, 6.07) is 0. The predicted octanol–water partition coefficient (Wildman–Crippen LogP) is 0.239. The molecule has 1 aliphatic rings. The van der Waals surface area contributed by atoms with E-state index in [9.17, 15) is 0 Å². The van der Waals surface area contributed by atoms with Gasteiger partial charge in [0.2, 0.25) is 5.96 Å². The van der Waals surface area contributed by atoms with Crippen LogP contribution in [0.4, 0.5) is 0 Å². The van der Waals surface area contributed by atoms with Crippen molar-refractivity contribution in [1.82, 2.24) is 5.48 Å². The molecule has 0 radical (unpaired) electrons. The van der Waals surface area contributed by atoms with E-state index in [2.05, 4.69) is 4.99 Å². The van der Waals surface area contributed by atoms with Gasteiger partial charge in [0, 0.05) is 0 Å². The van der Waals surface area contributed by atoms with Gasteiger partial charge in [0.25, 0.3) is 0 Å². The van der Waals surface area contributed by atoms with Crippen LogP contribution in [0.1, 0.15) is 25.7 Å². The predicted molar refractivity (Wildman–Crippen MR) is 49.6 cm³/mol. The highest BCUT2D eigenvalue weighted by molar-refractivity contribution is 5.76. The van der Waals surface area contributed by atoms with Gasteiger partial charge in [-0.15, -0.1) is 0 Å². The highest BCUT2D eigenvalue weighted by Crippen LogP contribution is 2.20.